The zero-order valence-electron chi connectivity index (χ0n) is 15.3. The number of rotatable bonds is 5. The molecule has 2 aromatic carbocycles. The monoisotopic (exact) mass is 363 g/mol. The Morgan fingerprint density at radius 3 is 2.63 bits per heavy atom. The molecule has 138 valence electrons. The van der Waals surface area contributed by atoms with Crippen LogP contribution in [0.3, 0.4) is 0 Å². The first-order valence-electron chi connectivity index (χ1n) is 8.81. The van der Waals surface area contributed by atoms with E-state index >= 15 is 0 Å². The Balaban J connectivity index is 1.72. The van der Waals surface area contributed by atoms with Crippen molar-refractivity contribution in [2.24, 2.45) is 0 Å². The number of aryl methyl sites for hydroxylation is 1. The van der Waals surface area contributed by atoms with Crippen molar-refractivity contribution in [2.75, 3.05) is 11.9 Å². The summed E-state index contributed by atoms with van der Waals surface area (Å²) in [6.07, 6.45) is 5.69. The molecule has 0 saturated heterocycles. The Morgan fingerprint density at radius 2 is 1.89 bits per heavy atom. The lowest BCUT2D eigenvalue weighted by molar-refractivity contribution is -0.112. The van der Waals surface area contributed by atoms with E-state index in [0.29, 0.717) is 29.2 Å². The number of carbonyl (C=O) groups is 2. The highest BCUT2D eigenvalue weighted by atomic mass is 16.5. The second-order valence-electron chi connectivity index (χ2n) is 6.23. The molecule has 3 rings (SSSR count). The number of hydrogen-bond acceptors (Lipinski definition) is 4. The Bertz CT molecular complexity index is 910. The molecule has 1 aliphatic heterocycles. The molecule has 1 heterocycles. The number of ether oxygens (including phenoxy) is 2. The summed E-state index contributed by atoms with van der Waals surface area (Å²) in [4.78, 5) is 24.4. The van der Waals surface area contributed by atoms with Crippen LogP contribution in [-0.2, 0) is 9.53 Å². The lowest BCUT2D eigenvalue weighted by Gasteiger charge is -2.07. The van der Waals surface area contributed by atoms with Crippen molar-refractivity contribution in [1.29, 1.82) is 0 Å². The van der Waals surface area contributed by atoms with Crippen LogP contribution >= 0.6 is 0 Å². The largest absolute Gasteiger partial charge is 0.464 e. The zero-order valence-corrected chi connectivity index (χ0v) is 15.3. The quantitative estimate of drug-likeness (QED) is 0.795. The summed E-state index contributed by atoms with van der Waals surface area (Å²) in [7, 11) is 0. The molecule has 0 radical (unpaired) electrons. The summed E-state index contributed by atoms with van der Waals surface area (Å²) >= 11 is 0. The Labute approximate surface area is 158 Å². The third-order valence-electron chi connectivity index (χ3n) is 4.00. The summed E-state index contributed by atoms with van der Waals surface area (Å²) in [6.45, 7) is 4.31. The maximum atomic E-state index is 12.6. The van der Waals surface area contributed by atoms with E-state index in [1.165, 1.54) is 6.26 Å². The van der Waals surface area contributed by atoms with Gasteiger partial charge in [0, 0.05) is 16.8 Å². The lowest BCUT2D eigenvalue weighted by Crippen LogP contribution is -2.13. The van der Waals surface area contributed by atoms with Gasteiger partial charge in [0.1, 0.15) is 5.75 Å². The molecule has 0 unspecified atom stereocenters. The van der Waals surface area contributed by atoms with Gasteiger partial charge in [0.2, 0.25) is 0 Å². The van der Waals surface area contributed by atoms with Crippen LogP contribution in [0, 0.1) is 6.92 Å². The topological polar surface area (TPSA) is 64.6 Å². The molecule has 0 aromatic heterocycles. The van der Waals surface area contributed by atoms with Crippen molar-refractivity contribution in [1.82, 2.24) is 0 Å². The molecular formula is C22H21NO4. The summed E-state index contributed by atoms with van der Waals surface area (Å²) in [6, 6.07) is 12.4. The second kappa shape index (κ2) is 8.36. The van der Waals surface area contributed by atoms with Gasteiger partial charge in [-0.05, 0) is 61.9 Å². The van der Waals surface area contributed by atoms with Crippen molar-refractivity contribution in [3.05, 3.63) is 77.1 Å². The fourth-order valence-electron chi connectivity index (χ4n) is 2.60. The molecule has 0 spiro atoms. The molecule has 0 atom stereocenters. The molecule has 5 nitrogen and oxygen atoms in total. The van der Waals surface area contributed by atoms with E-state index in [1.807, 2.05) is 32.0 Å². The number of amides is 1. The van der Waals surface area contributed by atoms with E-state index in [0.717, 1.165) is 17.5 Å². The first-order valence-corrected chi connectivity index (χ1v) is 8.81. The maximum Gasteiger partial charge on any atom is 0.338 e. The first kappa shape index (κ1) is 18.5. The van der Waals surface area contributed by atoms with E-state index in [2.05, 4.69) is 5.32 Å². The van der Waals surface area contributed by atoms with Gasteiger partial charge in [-0.3, -0.25) is 4.79 Å². The molecule has 27 heavy (non-hydrogen) atoms. The van der Waals surface area contributed by atoms with Crippen molar-refractivity contribution in [3.63, 3.8) is 0 Å². The molecule has 0 fully saturated rings. The van der Waals surface area contributed by atoms with E-state index in [9.17, 15) is 9.59 Å². The van der Waals surface area contributed by atoms with E-state index in [4.69, 9.17) is 9.47 Å². The molecule has 2 aromatic rings. The number of carbonyl (C=O) groups excluding carboxylic acids is 2. The van der Waals surface area contributed by atoms with Crippen LogP contribution in [0.15, 0.2) is 60.4 Å². The smallest absolute Gasteiger partial charge is 0.338 e. The van der Waals surface area contributed by atoms with Gasteiger partial charge in [-0.25, -0.2) is 4.79 Å². The van der Waals surface area contributed by atoms with Gasteiger partial charge < -0.3 is 14.8 Å². The van der Waals surface area contributed by atoms with Crippen LogP contribution in [0.4, 0.5) is 5.69 Å². The number of nitrogens with one attached hydrogen (secondary N) is 1. The van der Waals surface area contributed by atoms with Gasteiger partial charge >= 0.3 is 5.97 Å². The molecule has 1 N–H and O–H groups in total. The van der Waals surface area contributed by atoms with Crippen molar-refractivity contribution < 1.29 is 19.1 Å². The number of esters is 1. The van der Waals surface area contributed by atoms with Crippen LogP contribution in [0.2, 0.25) is 0 Å². The van der Waals surface area contributed by atoms with Gasteiger partial charge in [-0.2, -0.15) is 0 Å². The van der Waals surface area contributed by atoms with E-state index in [1.54, 1.807) is 36.4 Å². The van der Waals surface area contributed by atoms with Crippen molar-refractivity contribution in [2.45, 2.75) is 20.3 Å². The number of anilines is 1. The predicted molar refractivity (Wildman–Crippen MR) is 105 cm³/mol. The molecule has 1 amide bonds. The summed E-state index contributed by atoms with van der Waals surface area (Å²) < 4.78 is 10.6. The summed E-state index contributed by atoms with van der Waals surface area (Å²) in [5.74, 6) is 0.0772. The average molecular weight is 363 g/mol. The van der Waals surface area contributed by atoms with Crippen LogP contribution < -0.4 is 10.1 Å². The third kappa shape index (κ3) is 4.64. The molecular weight excluding hydrogens is 342 g/mol. The predicted octanol–water partition coefficient (Wildman–Crippen LogP) is 4.49. The van der Waals surface area contributed by atoms with E-state index in [-0.39, 0.29) is 11.9 Å². The molecule has 0 saturated carbocycles. The Morgan fingerprint density at radius 1 is 1.11 bits per heavy atom. The average Bonchev–Trinajstić information content (AvgIpc) is 2.88. The minimum atomic E-state index is -0.367. The third-order valence-corrected chi connectivity index (χ3v) is 4.00. The SMILES string of the molecule is CCCOC(=O)c1ccc(NC(=O)C2=Cc3cc(C)ccc3OC=C2)cc1. The first-order chi connectivity index (χ1) is 13.1. The highest BCUT2D eigenvalue weighted by molar-refractivity contribution is 6.09. The van der Waals surface area contributed by atoms with Gasteiger partial charge in [-0.15, -0.1) is 0 Å². The highest BCUT2D eigenvalue weighted by Crippen LogP contribution is 2.26. The fourth-order valence-corrected chi connectivity index (χ4v) is 2.60. The molecule has 5 heteroatoms. The minimum absolute atomic E-state index is 0.259. The zero-order chi connectivity index (χ0) is 19.2. The second-order valence-corrected chi connectivity index (χ2v) is 6.23. The van der Waals surface area contributed by atoms with Crippen molar-refractivity contribution in [3.8, 4) is 5.75 Å². The number of hydrogen-bond donors (Lipinski definition) is 1. The number of benzene rings is 2. The van der Waals surface area contributed by atoms with Gasteiger partial charge in [0.25, 0.3) is 5.91 Å². The summed E-state index contributed by atoms with van der Waals surface area (Å²) in [5.41, 5.74) is 3.45. The Kier molecular flexibility index (Phi) is 5.71. The van der Waals surface area contributed by atoms with Gasteiger partial charge in [-0.1, -0.05) is 18.6 Å². The van der Waals surface area contributed by atoms with Crippen LogP contribution in [0.25, 0.3) is 6.08 Å². The maximum absolute atomic E-state index is 12.6. The molecule has 0 aliphatic carbocycles. The van der Waals surface area contributed by atoms with E-state index < -0.39 is 0 Å². The fraction of sp³-hybridized carbons (Fsp3) is 0.182. The minimum Gasteiger partial charge on any atom is -0.464 e. The lowest BCUT2D eigenvalue weighted by atomic mass is 10.1. The standard InChI is InChI=1S/C22H21NO4/c1-3-11-27-22(25)16-5-7-19(8-6-16)23-21(24)17-10-12-26-20-9-4-15(2)13-18(20)14-17/h4-10,12-14H,3,11H2,1-2H3,(H,23,24). The van der Waals surface area contributed by atoms with Crippen LogP contribution in [0.1, 0.15) is 34.8 Å². The molecule has 0 bridgehead atoms. The molecule has 1 aliphatic rings. The van der Waals surface area contributed by atoms with Crippen LogP contribution in [0.5, 0.6) is 5.75 Å². The van der Waals surface area contributed by atoms with Crippen molar-refractivity contribution >= 4 is 23.6 Å². The van der Waals surface area contributed by atoms with Gasteiger partial charge in [0.05, 0.1) is 18.4 Å². The van der Waals surface area contributed by atoms with Crippen LogP contribution in [-0.4, -0.2) is 18.5 Å². The number of fused-ring (bicyclic) bond motifs is 1. The van der Waals surface area contributed by atoms with Gasteiger partial charge in [0.15, 0.2) is 0 Å². The highest BCUT2D eigenvalue weighted by Gasteiger charge is 2.13. The Hall–Kier alpha value is -3.34. The summed E-state index contributed by atoms with van der Waals surface area (Å²) in [5, 5.41) is 2.83. The normalized spacial score (nSPS) is 12.3.